The molecular weight excluding hydrogens is 1210 g/mol. The highest BCUT2D eigenvalue weighted by molar-refractivity contribution is 7.47. The number of phosphoric ester groups is 2. The number of rotatable bonds is 70. The van der Waals surface area contributed by atoms with Crippen molar-refractivity contribution in [1.29, 1.82) is 0 Å². The van der Waals surface area contributed by atoms with Crippen molar-refractivity contribution in [3.8, 4) is 0 Å². The fraction of sp³-hybridized carbons (Fsp3) is 0.890. The molecule has 17 nitrogen and oxygen atoms in total. The summed E-state index contributed by atoms with van der Waals surface area (Å²) in [7, 11) is -9.92. The van der Waals surface area contributed by atoms with Crippen LogP contribution in [0.3, 0.4) is 0 Å². The molecule has 0 saturated heterocycles. The molecule has 0 aromatic carbocycles. The third kappa shape index (κ3) is 64.9. The van der Waals surface area contributed by atoms with Gasteiger partial charge >= 0.3 is 39.5 Å². The molecular formula is C73H138O17P2. The van der Waals surface area contributed by atoms with Gasteiger partial charge < -0.3 is 33.8 Å². The number of carbonyl (C=O) groups is 4. The first kappa shape index (κ1) is 89.5. The Bertz CT molecular complexity index is 1880. The van der Waals surface area contributed by atoms with Gasteiger partial charge in [-0.15, -0.1) is 0 Å². The van der Waals surface area contributed by atoms with Gasteiger partial charge in [0.1, 0.15) is 19.3 Å². The number of hydrogen-bond donors (Lipinski definition) is 3. The minimum atomic E-state index is -4.96. The van der Waals surface area contributed by atoms with Crippen LogP contribution in [0, 0.1) is 11.8 Å². The van der Waals surface area contributed by atoms with Crippen molar-refractivity contribution in [2.45, 2.75) is 368 Å². The standard InChI is InChI=1S/C73H138O17P2/c1-7-10-12-14-16-18-20-22-23-25-29-34-38-46-52-58-72(77)89-68(61-83-70(75)55-49-43-36-32-30-26-27-31-35-41-47-53-65(4)5)63-87-91(79,80)85-59-67(74)60-86-92(81,82)88-64-69(62-84-71(76)56-50-44-40-39-42-48-54-66(6)9-3)90-73(78)57-51-45-37-33-28-24-21-19-17-15-13-11-8-2/h18,20,22-23,65-69,74H,7-17,19,21,24-64H2,1-6H3,(H,79,80)(H,81,82)/b20-18-,23-22-/t66?,67-,68-,69-/m1/s1. The van der Waals surface area contributed by atoms with Gasteiger partial charge in [0, 0.05) is 25.7 Å². The summed E-state index contributed by atoms with van der Waals surface area (Å²) in [6.45, 7) is 9.47. The van der Waals surface area contributed by atoms with E-state index in [1.54, 1.807) is 0 Å². The Kier molecular flexibility index (Phi) is 62.8. The highest BCUT2D eigenvalue weighted by Gasteiger charge is 2.30. The number of esters is 4. The van der Waals surface area contributed by atoms with E-state index < -0.39 is 97.5 Å². The second-order valence-electron chi connectivity index (χ2n) is 26.4. The van der Waals surface area contributed by atoms with Crippen molar-refractivity contribution in [1.82, 2.24) is 0 Å². The zero-order valence-corrected chi connectivity index (χ0v) is 61.1. The summed E-state index contributed by atoms with van der Waals surface area (Å²) in [5, 5.41) is 10.6. The van der Waals surface area contributed by atoms with Gasteiger partial charge in [0.2, 0.25) is 0 Å². The van der Waals surface area contributed by atoms with Crippen LogP contribution in [0.15, 0.2) is 24.3 Å². The maximum atomic E-state index is 13.0. The van der Waals surface area contributed by atoms with E-state index in [-0.39, 0.29) is 25.7 Å². The molecule has 6 atom stereocenters. The Labute approximate surface area is 561 Å². The average molecular weight is 1350 g/mol. The third-order valence-corrected chi connectivity index (χ3v) is 18.6. The van der Waals surface area contributed by atoms with Crippen molar-refractivity contribution < 1.29 is 80.2 Å². The lowest BCUT2D eigenvalue weighted by Crippen LogP contribution is -2.30. The van der Waals surface area contributed by atoms with Crippen molar-refractivity contribution in [2.75, 3.05) is 39.6 Å². The number of phosphoric acid groups is 2. The largest absolute Gasteiger partial charge is 0.472 e. The molecule has 3 N–H and O–H groups in total. The van der Waals surface area contributed by atoms with Crippen molar-refractivity contribution in [2.24, 2.45) is 11.8 Å². The predicted octanol–water partition coefficient (Wildman–Crippen LogP) is 20.7. The van der Waals surface area contributed by atoms with Gasteiger partial charge in [-0.1, -0.05) is 297 Å². The second-order valence-corrected chi connectivity index (χ2v) is 29.3. The monoisotopic (exact) mass is 1350 g/mol. The van der Waals surface area contributed by atoms with E-state index in [0.717, 1.165) is 121 Å². The highest BCUT2D eigenvalue weighted by atomic mass is 31.2. The molecule has 0 fully saturated rings. The molecule has 0 aliphatic carbocycles. The van der Waals surface area contributed by atoms with E-state index in [2.05, 4.69) is 65.8 Å². The lowest BCUT2D eigenvalue weighted by atomic mass is 10.00. The molecule has 0 aliphatic rings. The van der Waals surface area contributed by atoms with Gasteiger partial charge in [-0.25, -0.2) is 9.13 Å². The van der Waals surface area contributed by atoms with Gasteiger partial charge in [0.15, 0.2) is 12.2 Å². The Hall–Kier alpha value is -2.46. The Balaban J connectivity index is 5.30. The van der Waals surface area contributed by atoms with Crippen molar-refractivity contribution in [3.05, 3.63) is 24.3 Å². The van der Waals surface area contributed by atoms with E-state index in [0.29, 0.717) is 25.7 Å². The summed E-state index contributed by atoms with van der Waals surface area (Å²) >= 11 is 0. The molecule has 0 aliphatic heterocycles. The summed E-state index contributed by atoms with van der Waals surface area (Å²) in [5.74, 6) is -0.653. The lowest BCUT2D eigenvalue weighted by molar-refractivity contribution is -0.161. The van der Waals surface area contributed by atoms with Gasteiger partial charge in [0.05, 0.1) is 26.4 Å². The van der Waals surface area contributed by atoms with E-state index >= 15 is 0 Å². The Morgan fingerprint density at radius 2 is 0.641 bits per heavy atom. The topological polar surface area (TPSA) is 237 Å². The molecule has 0 heterocycles. The van der Waals surface area contributed by atoms with Gasteiger partial charge in [-0.2, -0.15) is 0 Å². The van der Waals surface area contributed by atoms with E-state index in [9.17, 15) is 43.2 Å². The second kappa shape index (κ2) is 64.5. The minimum Gasteiger partial charge on any atom is -0.462 e. The highest BCUT2D eigenvalue weighted by Crippen LogP contribution is 2.45. The van der Waals surface area contributed by atoms with Gasteiger partial charge in [-0.05, 0) is 63.2 Å². The third-order valence-electron chi connectivity index (χ3n) is 16.7. The summed E-state index contributed by atoms with van der Waals surface area (Å²) < 4.78 is 68.4. The number of carbonyl (C=O) groups excluding carboxylic acids is 4. The molecule has 19 heteroatoms. The summed E-state index contributed by atoms with van der Waals surface area (Å²) in [6, 6.07) is 0. The van der Waals surface area contributed by atoms with Crippen molar-refractivity contribution >= 4 is 39.5 Å². The SMILES string of the molecule is CCCCCC/C=C\C=C/CCCCCCCC(=O)O[C@H](COC(=O)CCCCCCCCCCCCCC(C)C)COP(=O)(O)OC[C@@H](O)COP(=O)(O)OC[C@@H](COC(=O)CCCCCCCCC(C)CC)OC(=O)CCCCCCCCCCCCCCC. The summed E-state index contributed by atoms with van der Waals surface area (Å²) in [4.78, 5) is 72.7. The van der Waals surface area contributed by atoms with Crippen LogP contribution in [0.2, 0.25) is 0 Å². The van der Waals surface area contributed by atoms with Crippen LogP contribution in [0.25, 0.3) is 0 Å². The summed E-state index contributed by atoms with van der Waals surface area (Å²) in [5.41, 5.74) is 0. The van der Waals surface area contributed by atoms with Crippen LogP contribution in [0.4, 0.5) is 0 Å². The normalized spacial score (nSPS) is 14.5. The van der Waals surface area contributed by atoms with Crippen molar-refractivity contribution in [3.63, 3.8) is 0 Å². The molecule has 542 valence electrons. The number of unbranched alkanes of at least 4 members (excludes halogenated alkanes) is 36. The fourth-order valence-corrected chi connectivity index (χ4v) is 12.1. The van der Waals surface area contributed by atoms with Crippen LogP contribution in [-0.2, 0) is 65.4 Å². The molecule has 0 aromatic rings. The molecule has 0 saturated carbocycles. The van der Waals surface area contributed by atoms with Gasteiger partial charge in [0.25, 0.3) is 0 Å². The van der Waals surface area contributed by atoms with Crippen LogP contribution < -0.4 is 0 Å². The van der Waals surface area contributed by atoms with E-state index in [1.807, 2.05) is 0 Å². The molecule has 0 radical (unpaired) electrons. The first-order valence-electron chi connectivity index (χ1n) is 37.3. The van der Waals surface area contributed by atoms with Crippen LogP contribution in [0.1, 0.15) is 350 Å². The lowest BCUT2D eigenvalue weighted by Gasteiger charge is -2.21. The molecule has 3 unspecified atom stereocenters. The van der Waals surface area contributed by atoms with Crippen LogP contribution >= 0.6 is 15.6 Å². The smallest absolute Gasteiger partial charge is 0.462 e. The summed E-state index contributed by atoms with van der Waals surface area (Å²) in [6.07, 6.45) is 53.4. The minimum absolute atomic E-state index is 0.0848. The predicted molar refractivity (Wildman–Crippen MR) is 372 cm³/mol. The molecule has 0 bridgehead atoms. The fourth-order valence-electron chi connectivity index (χ4n) is 10.5. The molecule has 0 rings (SSSR count). The Morgan fingerprint density at radius 3 is 0.978 bits per heavy atom. The first-order valence-corrected chi connectivity index (χ1v) is 40.3. The van der Waals surface area contributed by atoms with E-state index in [1.165, 1.54) is 148 Å². The number of aliphatic hydroxyl groups excluding tert-OH is 1. The zero-order valence-electron chi connectivity index (χ0n) is 59.3. The number of aliphatic hydroxyl groups is 1. The maximum absolute atomic E-state index is 13.0. The van der Waals surface area contributed by atoms with E-state index in [4.69, 9.17) is 37.0 Å². The first-order chi connectivity index (χ1) is 44.4. The molecule has 0 aromatic heterocycles. The molecule has 0 spiro atoms. The van der Waals surface area contributed by atoms with Gasteiger partial charge in [-0.3, -0.25) is 37.3 Å². The zero-order chi connectivity index (χ0) is 67.9. The molecule has 0 amide bonds. The van der Waals surface area contributed by atoms with Crippen LogP contribution in [0.5, 0.6) is 0 Å². The maximum Gasteiger partial charge on any atom is 0.472 e. The molecule has 92 heavy (non-hydrogen) atoms. The number of ether oxygens (including phenoxy) is 4. The number of hydrogen-bond acceptors (Lipinski definition) is 15. The van der Waals surface area contributed by atoms with Crippen LogP contribution in [-0.4, -0.2) is 96.7 Å². The Morgan fingerprint density at radius 1 is 0.359 bits per heavy atom. The number of allylic oxidation sites excluding steroid dienone is 4. The average Bonchev–Trinajstić information content (AvgIpc) is 2.32. The quantitative estimate of drug-likeness (QED) is 0.0169.